The van der Waals surface area contributed by atoms with Crippen LogP contribution in [-0.4, -0.2) is 10.1 Å². The van der Waals surface area contributed by atoms with Crippen molar-refractivity contribution < 1.29 is 5.11 Å². The zero-order chi connectivity index (χ0) is 9.84. The maximum Gasteiger partial charge on any atom is 0.0720 e. The number of anilines is 1. The van der Waals surface area contributed by atoms with Crippen molar-refractivity contribution in [3.05, 3.63) is 23.0 Å². The van der Waals surface area contributed by atoms with Crippen LogP contribution in [0.4, 0.5) is 5.69 Å². The van der Waals surface area contributed by atoms with Crippen molar-refractivity contribution in [2.45, 2.75) is 33.3 Å². The molecule has 0 saturated carbocycles. The van der Waals surface area contributed by atoms with Gasteiger partial charge in [0, 0.05) is 22.6 Å². The predicted molar refractivity (Wildman–Crippen MR) is 53.3 cm³/mol. The van der Waals surface area contributed by atoms with E-state index < -0.39 is 0 Å². The standard InChI is InChI=1S/C10H16N2O/c1-3-7-5-9(11)8(6-13)10(4-2)12-7/h5,13H,3-4,6H2,1-2H3,(H2,11,12). The van der Waals surface area contributed by atoms with Gasteiger partial charge >= 0.3 is 0 Å². The number of hydrogen-bond acceptors (Lipinski definition) is 3. The maximum absolute atomic E-state index is 9.07. The van der Waals surface area contributed by atoms with Gasteiger partial charge in [-0.3, -0.25) is 4.98 Å². The smallest absolute Gasteiger partial charge is 0.0720 e. The van der Waals surface area contributed by atoms with Crippen LogP contribution in [0, 0.1) is 0 Å². The molecule has 0 spiro atoms. The molecule has 0 aromatic carbocycles. The number of aryl methyl sites for hydroxylation is 2. The fourth-order valence-electron chi connectivity index (χ4n) is 1.36. The highest BCUT2D eigenvalue weighted by Crippen LogP contribution is 2.17. The molecule has 3 nitrogen and oxygen atoms in total. The van der Waals surface area contributed by atoms with E-state index in [0.29, 0.717) is 5.69 Å². The molecule has 0 atom stereocenters. The summed E-state index contributed by atoms with van der Waals surface area (Å²) >= 11 is 0. The molecule has 1 heterocycles. The highest BCUT2D eigenvalue weighted by molar-refractivity contribution is 5.49. The van der Waals surface area contributed by atoms with Crippen molar-refractivity contribution in [2.24, 2.45) is 0 Å². The number of hydrogen-bond donors (Lipinski definition) is 2. The van der Waals surface area contributed by atoms with Crippen LogP contribution in [0.3, 0.4) is 0 Å². The van der Waals surface area contributed by atoms with Crippen LogP contribution >= 0.6 is 0 Å². The molecule has 72 valence electrons. The van der Waals surface area contributed by atoms with Crippen molar-refractivity contribution in [1.82, 2.24) is 4.98 Å². The van der Waals surface area contributed by atoms with Gasteiger partial charge in [-0.05, 0) is 18.9 Å². The van der Waals surface area contributed by atoms with E-state index in [4.69, 9.17) is 10.8 Å². The molecule has 0 saturated heterocycles. The van der Waals surface area contributed by atoms with Gasteiger partial charge in [-0.1, -0.05) is 13.8 Å². The number of aliphatic hydroxyl groups is 1. The molecule has 0 bridgehead atoms. The molecule has 1 rings (SSSR count). The predicted octanol–water partition coefficient (Wildman–Crippen LogP) is 1.28. The van der Waals surface area contributed by atoms with Crippen molar-refractivity contribution in [1.29, 1.82) is 0 Å². The molecule has 13 heavy (non-hydrogen) atoms. The normalized spacial score (nSPS) is 10.4. The van der Waals surface area contributed by atoms with Gasteiger partial charge < -0.3 is 10.8 Å². The molecule has 0 unspecified atom stereocenters. The summed E-state index contributed by atoms with van der Waals surface area (Å²) in [6.07, 6.45) is 1.69. The molecule has 0 amide bonds. The molecule has 0 aliphatic rings. The number of aliphatic hydroxyl groups excluding tert-OH is 1. The Morgan fingerprint density at radius 3 is 2.54 bits per heavy atom. The Balaban J connectivity index is 3.20. The summed E-state index contributed by atoms with van der Waals surface area (Å²) in [7, 11) is 0. The van der Waals surface area contributed by atoms with E-state index in [1.807, 2.05) is 19.9 Å². The van der Waals surface area contributed by atoms with Crippen molar-refractivity contribution in [3.8, 4) is 0 Å². The van der Waals surface area contributed by atoms with Gasteiger partial charge in [0.05, 0.1) is 6.61 Å². The monoisotopic (exact) mass is 180 g/mol. The second kappa shape index (κ2) is 4.23. The summed E-state index contributed by atoms with van der Waals surface area (Å²) in [5.74, 6) is 0. The third-order valence-electron chi connectivity index (χ3n) is 2.15. The average Bonchev–Trinajstić information content (AvgIpc) is 2.16. The lowest BCUT2D eigenvalue weighted by Gasteiger charge is -2.09. The van der Waals surface area contributed by atoms with Gasteiger partial charge in [-0.15, -0.1) is 0 Å². The fraction of sp³-hybridized carbons (Fsp3) is 0.500. The molecule has 0 radical (unpaired) electrons. The average molecular weight is 180 g/mol. The first-order chi connectivity index (χ1) is 6.22. The van der Waals surface area contributed by atoms with Gasteiger partial charge in [0.2, 0.25) is 0 Å². The minimum Gasteiger partial charge on any atom is -0.398 e. The largest absolute Gasteiger partial charge is 0.398 e. The zero-order valence-corrected chi connectivity index (χ0v) is 8.17. The van der Waals surface area contributed by atoms with Crippen LogP contribution < -0.4 is 5.73 Å². The minimum absolute atomic E-state index is 0.0218. The zero-order valence-electron chi connectivity index (χ0n) is 8.17. The number of nitrogens with two attached hydrogens (primary N) is 1. The summed E-state index contributed by atoms with van der Waals surface area (Å²) < 4.78 is 0. The van der Waals surface area contributed by atoms with Crippen LogP contribution in [0.15, 0.2) is 6.07 Å². The van der Waals surface area contributed by atoms with E-state index in [9.17, 15) is 0 Å². The highest BCUT2D eigenvalue weighted by Gasteiger charge is 2.07. The number of aromatic nitrogens is 1. The summed E-state index contributed by atoms with van der Waals surface area (Å²) in [6.45, 7) is 4.03. The second-order valence-electron chi connectivity index (χ2n) is 2.99. The Bertz CT molecular complexity index is 297. The van der Waals surface area contributed by atoms with Gasteiger partial charge in [0.25, 0.3) is 0 Å². The minimum atomic E-state index is -0.0218. The van der Waals surface area contributed by atoms with Crippen molar-refractivity contribution in [3.63, 3.8) is 0 Å². The summed E-state index contributed by atoms with van der Waals surface area (Å²) in [6, 6.07) is 1.84. The Kier molecular flexibility index (Phi) is 3.25. The van der Waals surface area contributed by atoms with E-state index in [-0.39, 0.29) is 6.61 Å². The molecule has 1 aromatic rings. The summed E-state index contributed by atoms with van der Waals surface area (Å²) in [5.41, 5.74) is 9.13. The van der Waals surface area contributed by atoms with Gasteiger partial charge in [-0.25, -0.2) is 0 Å². The van der Waals surface area contributed by atoms with Crippen LogP contribution in [0.5, 0.6) is 0 Å². The number of nitrogens with zero attached hydrogens (tertiary/aromatic N) is 1. The third kappa shape index (κ3) is 1.98. The van der Waals surface area contributed by atoms with E-state index in [2.05, 4.69) is 4.98 Å². The van der Waals surface area contributed by atoms with E-state index in [1.165, 1.54) is 0 Å². The molecule has 3 N–H and O–H groups in total. The van der Waals surface area contributed by atoms with Gasteiger partial charge in [-0.2, -0.15) is 0 Å². The molecular weight excluding hydrogens is 164 g/mol. The number of rotatable bonds is 3. The van der Waals surface area contributed by atoms with Crippen LogP contribution in [0.25, 0.3) is 0 Å². The Morgan fingerprint density at radius 2 is 2.08 bits per heavy atom. The summed E-state index contributed by atoms with van der Waals surface area (Å²) in [5, 5.41) is 9.07. The Morgan fingerprint density at radius 1 is 1.38 bits per heavy atom. The fourth-order valence-corrected chi connectivity index (χ4v) is 1.36. The molecule has 0 aliphatic heterocycles. The Labute approximate surface area is 78.6 Å². The quantitative estimate of drug-likeness (QED) is 0.736. The molecule has 1 aromatic heterocycles. The van der Waals surface area contributed by atoms with Gasteiger partial charge in [0.15, 0.2) is 0 Å². The van der Waals surface area contributed by atoms with Crippen LogP contribution in [-0.2, 0) is 19.4 Å². The first-order valence-corrected chi connectivity index (χ1v) is 4.60. The first kappa shape index (κ1) is 9.99. The lowest BCUT2D eigenvalue weighted by atomic mass is 10.1. The first-order valence-electron chi connectivity index (χ1n) is 4.60. The van der Waals surface area contributed by atoms with Crippen LogP contribution in [0.2, 0.25) is 0 Å². The van der Waals surface area contributed by atoms with E-state index in [1.54, 1.807) is 0 Å². The Hall–Kier alpha value is -1.09. The van der Waals surface area contributed by atoms with E-state index in [0.717, 1.165) is 29.8 Å². The molecular formula is C10H16N2O. The van der Waals surface area contributed by atoms with Crippen molar-refractivity contribution >= 4 is 5.69 Å². The maximum atomic E-state index is 9.07. The van der Waals surface area contributed by atoms with Crippen LogP contribution in [0.1, 0.15) is 30.8 Å². The lowest BCUT2D eigenvalue weighted by molar-refractivity contribution is 0.280. The number of pyridine rings is 1. The van der Waals surface area contributed by atoms with Crippen molar-refractivity contribution in [2.75, 3.05) is 5.73 Å². The van der Waals surface area contributed by atoms with E-state index >= 15 is 0 Å². The lowest BCUT2D eigenvalue weighted by Crippen LogP contribution is -2.05. The molecule has 0 fully saturated rings. The summed E-state index contributed by atoms with van der Waals surface area (Å²) in [4.78, 5) is 4.40. The third-order valence-corrected chi connectivity index (χ3v) is 2.15. The molecule has 3 heteroatoms. The van der Waals surface area contributed by atoms with Gasteiger partial charge in [0.1, 0.15) is 0 Å². The highest BCUT2D eigenvalue weighted by atomic mass is 16.3. The number of nitrogen functional groups attached to an aromatic ring is 1. The SMILES string of the molecule is CCc1cc(N)c(CO)c(CC)n1. The topological polar surface area (TPSA) is 59.1 Å². The molecule has 0 aliphatic carbocycles. The second-order valence-corrected chi connectivity index (χ2v) is 2.99.